The van der Waals surface area contributed by atoms with Gasteiger partial charge in [-0.1, -0.05) is 42.3 Å². The lowest BCUT2D eigenvalue weighted by atomic mass is 9.76. The van der Waals surface area contributed by atoms with E-state index < -0.39 is 22.0 Å². The third-order valence-corrected chi connectivity index (χ3v) is 7.33. The molecule has 1 heterocycles. The van der Waals surface area contributed by atoms with E-state index in [1.165, 1.54) is 11.4 Å². The minimum absolute atomic E-state index is 0.235. The van der Waals surface area contributed by atoms with E-state index in [0.717, 1.165) is 29.9 Å². The first kappa shape index (κ1) is 18.0. The summed E-state index contributed by atoms with van der Waals surface area (Å²) in [5, 5.41) is 0. The maximum absolute atomic E-state index is 13.6. The maximum atomic E-state index is 13.6. The molecule has 6 heteroatoms. The number of benzene rings is 2. The minimum Gasteiger partial charge on any atom is -0.469 e. The first-order valence-corrected chi connectivity index (χ1v) is 10.5. The van der Waals surface area contributed by atoms with Gasteiger partial charge in [-0.15, -0.1) is 0 Å². The number of hydrogen-bond donors (Lipinski definition) is 0. The Morgan fingerprint density at radius 2 is 1.81 bits per heavy atom. The van der Waals surface area contributed by atoms with Crippen LogP contribution in [0.15, 0.2) is 53.4 Å². The minimum atomic E-state index is -3.81. The van der Waals surface area contributed by atoms with E-state index in [1.54, 1.807) is 24.3 Å². The lowest BCUT2D eigenvalue weighted by Gasteiger charge is -2.37. The molecule has 0 unspecified atom stereocenters. The Hall–Kier alpha value is -2.34. The topological polar surface area (TPSA) is 63.7 Å². The average molecular weight is 384 g/mol. The standard InChI is InChI=1S/C21H22NO4S/c1-14-10-12-15(13-11-14)27(24,25)22-19-9-4-3-6-16(19)17-7-5-8-18(20(17)22)21(23)26-2/h3-4,6,9-13,18,20H,5,7-8H2,1-2H3/t18-,20-/m1/s1. The number of aryl methyl sites for hydroxylation is 1. The molecular weight excluding hydrogens is 362 g/mol. The van der Waals surface area contributed by atoms with E-state index in [0.29, 0.717) is 12.1 Å². The van der Waals surface area contributed by atoms with Gasteiger partial charge in [-0.25, -0.2) is 8.42 Å². The fraction of sp³-hybridized carbons (Fsp3) is 0.333. The number of anilines is 1. The van der Waals surface area contributed by atoms with E-state index in [1.807, 2.05) is 31.2 Å². The molecule has 1 aliphatic heterocycles. The number of carbonyl (C=O) groups excluding carboxylic acids is 1. The quantitative estimate of drug-likeness (QED) is 0.760. The molecule has 2 aliphatic rings. The Bertz CT molecular complexity index is 968. The predicted molar refractivity (Wildman–Crippen MR) is 103 cm³/mol. The Labute approximate surface area is 160 Å². The van der Waals surface area contributed by atoms with Crippen molar-refractivity contribution in [1.29, 1.82) is 0 Å². The molecule has 2 atom stereocenters. The molecule has 1 fully saturated rings. The molecule has 27 heavy (non-hydrogen) atoms. The molecular formula is C21H22NO4S. The van der Waals surface area contributed by atoms with Gasteiger partial charge in [-0.05, 0) is 43.5 Å². The van der Waals surface area contributed by atoms with Gasteiger partial charge in [0.1, 0.15) is 0 Å². The average Bonchev–Trinajstić information content (AvgIpc) is 3.03. The second-order valence-electron chi connectivity index (χ2n) is 7.12. The highest BCUT2D eigenvalue weighted by molar-refractivity contribution is 7.93. The molecule has 1 radical (unpaired) electrons. The van der Waals surface area contributed by atoms with Gasteiger partial charge in [-0.3, -0.25) is 9.10 Å². The van der Waals surface area contributed by atoms with E-state index in [-0.39, 0.29) is 10.9 Å². The number of esters is 1. The van der Waals surface area contributed by atoms with Gasteiger partial charge in [0.2, 0.25) is 0 Å². The summed E-state index contributed by atoms with van der Waals surface area (Å²) in [7, 11) is -2.45. The second-order valence-corrected chi connectivity index (χ2v) is 8.94. The molecule has 0 aromatic heterocycles. The van der Waals surface area contributed by atoms with Crippen LogP contribution < -0.4 is 4.31 Å². The molecule has 0 bridgehead atoms. The van der Waals surface area contributed by atoms with Crippen LogP contribution in [0.25, 0.3) is 0 Å². The summed E-state index contributed by atoms with van der Waals surface area (Å²) in [4.78, 5) is 12.7. The molecule has 0 saturated heterocycles. The summed E-state index contributed by atoms with van der Waals surface area (Å²) in [6, 6.07) is 13.8. The Kier molecular flexibility index (Phi) is 4.46. The number of carbonyl (C=O) groups is 1. The lowest BCUT2D eigenvalue weighted by Crippen LogP contribution is -2.48. The number of para-hydroxylation sites is 1. The zero-order valence-corrected chi connectivity index (χ0v) is 16.2. The van der Waals surface area contributed by atoms with Gasteiger partial charge >= 0.3 is 5.97 Å². The van der Waals surface area contributed by atoms with Gasteiger partial charge in [0.25, 0.3) is 10.0 Å². The Balaban J connectivity index is 1.88. The highest BCUT2D eigenvalue weighted by Gasteiger charge is 2.52. The molecule has 0 amide bonds. The van der Waals surface area contributed by atoms with Crippen molar-refractivity contribution in [1.82, 2.24) is 0 Å². The fourth-order valence-corrected chi connectivity index (χ4v) is 5.95. The van der Waals surface area contributed by atoms with Crippen LogP contribution in [0.4, 0.5) is 5.69 Å². The highest BCUT2D eigenvalue weighted by atomic mass is 32.2. The molecule has 5 nitrogen and oxygen atoms in total. The highest BCUT2D eigenvalue weighted by Crippen LogP contribution is 2.51. The predicted octanol–water partition coefficient (Wildman–Crippen LogP) is 3.47. The van der Waals surface area contributed by atoms with Crippen molar-refractivity contribution in [2.75, 3.05) is 11.4 Å². The van der Waals surface area contributed by atoms with Crippen LogP contribution >= 0.6 is 0 Å². The van der Waals surface area contributed by atoms with E-state index >= 15 is 0 Å². The van der Waals surface area contributed by atoms with Crippen molar-refractivity contribution in [3.8, 4) is 0 Å². The van der Waals surface area contributed by atoms with Crippen LogP contribution in [0, 0.1) is 18.8 Å². The van der Waals surface area contributed by atoms with Gasteiger partial charge in [0, 0.05) is 5.92 Å². The molecule has 0 N–H and O–H groups in total. The Morgan fingerprint density at radius 1 is 1.11 bits per heavy atom. The lowest BCUT2D eigenvalue weighted by molar-refractivity contribution is -0.146. The third kappa shape index (κ3) is 2.83. The smallest absolute Gasteiger partial charge is 0.310 e. The monoisotopic (exact) mass is 384 g/mol. The van der Waals surface area contributed by atoms with Gasteiger partial charge < -0.3 is 4.74 Å². The van der Waals surface area contributed by atoms with Crippen molar-refractivity contribution < 1.29 is 17.9 Å². The van der Waals surface area contributed by atoms with E-state index in [2.05, 4.69) is 0 Å². The van der Waals surface area contributed by atoms with Crippen molar-refractivity contribution >= 4 is 21.7 Å². The summed E-state index contributed by atoms with van der Waals surface area (Å²) in [5.41, 5.74) is 2.56. The van der Waals surface area contributed by atoms with Crippen molar-refractivity contribution in [3.05, 3.63) is 65.6 Å². The van der Waals surface area contributed by atoms with E-state index in [9.17, 15) is 13.2 Å². The molecule has 2 aromatic rings. The number of ether oxygens (including phenoxy) is 1. The molecule has 0 spiro atoms. The Morgan fingerprint density at radius 3 is 2.52 bits per heavy atom. The summed E-state index contributed by atoms with van der Waals surface area (Å²) >= 11 is 0. The molecule has 141 valence electrons. The van der Waals surface area contributed by atoms with Crippen molar-refractivity contribution in [2.24, 2.45) is 5.92 Å². The summed E-state index contributed by atoms with van der Waals surface area (Å²) < 4.78 is 33.6. The van der Waals surface area contributed by atoms with Gasteiger partial charge in [-0.2, -0.15) is 0 Å². The summed E-state index contributed by atoms with van der Waals surface area (Å²) in [6.07, 6.45) is 2.25. The number of nitrogens with zero attached hydrogens (tertiary/aromatic N) is 1. The van der Waals surface area contributed by atoms with Crippen LogP contribution in [-0.4, -0.2) is 27.5 Å². The molecule has 1 aliphatic carbocycles. The number of methoxy groups -OCH3 is 1. The maximum Gasteiger partial charge on any atom is 0.310 e. The molecule has 4 rings (SSSR count). The number of fused-ring (bicyclic) bond motifs is 3. The first-order chi connectivity index (χ1) is 12.9. The van der Waals surface area contributed by atoms with Crippen LogP contribution in [0.1, 0.15) is 30.4 Å². The summed E-state index contributed by atoms with van der Waals surface area (Å²) in [5.74, 6) is 0.170. The number of sulfonamides is 1. The second kappa shape index (κ2) is 6.68. The zero-order valence-electron chi connectivity index (χ0n) is 15.4. The van der Waals surface area contributed by atoms with Gasteiger partial charge in [0.15, 0.2) is 0 Å². The number of rotatable bonds is 3. The summed E-state index contributed by atoms with van der Waals surface area (Å²) in [6.45, 7) is 1.92. The van der Waals surface area contributed by atoms with Crippen LogP contribution in [0.3, 0.4) is 0 Å². The zero-order chi connectivity index (χ0) is 19.2. The van der Waals surface area contributed by atoms with Crippen LogP contribution in [-0.2, 0) is 19.6 Å². The SMILES string of the molecule is COC(=O)[C@@H]1CCC[C]2c3ccccc3N(S(=O)(=O)c3ccc(C)cc3)[C@H]21. The first-order valence-electron chi connectivity index (χ1n) is 9.09. The largest absolute Gasteiger partial charge is 0.469 e. The van der Waals surface area contributed by atoms with Crippen LogP contribution in [0.2, 0.25) is 0 Å². The van der Waals surface area contributed by atoms with Crippen molar-refractivity contribution in [3.63, 3.8) is 0 Å². The van der Waals surface area contributed by atoms with E-state index in [4.69, 9.17) is 4.74 Å². The molecule has 1 saturated carbocycles. The number of hydrogen-bond acceptors (Lipinski definition) is 4. The third-order valence-electron chi connectivity index (χ3n) is 5.52. The van der Waals surface area contributed by atoms with Gasteiger partial charge in [0.05, 0.1) is 29.7 Å². The normalized spacial score (nSPS) is 22.2. The van der Waals surface area contributed by atoms with Crippen molar-refractivity contribution in [2.45, 2.75) is 37.1 Å². The molecule has 2 aromatic carbocycles. The fourth-order valence-electron chi connectivity index (χ4n) is 4.25. The van der Waals surface area contributed by atoms with Crippen LogP contribution in [0.5, 0.6) is 0 Å².